The Hall–Kier alpha value is -3.19. The van der Waals surface area contributed by atoms with E-state index in [2.05, 4.69) is 18.5 Å². The molecule has 0 radical (unpaired) electrons. The number of phenolic OH excluding ortho intramolecular Hbond substituents is 1. The maximum Gasteiger partial charge on any atom is 0.245 e. The summed E-state index contributed by atoms with van der Waals surface area (Å²) in [4.78, 5) is 15.8. The van der Waals surface area contributed by atoms with Gasteiger partial charge in [0, 0.05) is 42.7 Å². The molecule has 0 bridgehead atoms. The highest BCUT2D eigenvalue weighted by molar-refractivity contribution is 5.87. The van der Waals surface area contributed by atoms with E-state index in [-0.39, 0.29) is 24.3 Å². The van der Waals surface area contributed by atoms with Gasteiger partial charge < -0.3 is 31.6 Å². The van der Waals surface area contributed by atoms with Gasteiger partial charge in [-0.25, -0.2) is 0 Å². The Kier molecular flexibility index (Phi) is 11.0. The zero-order chi connectivity index (χ0) is 23.4. The van der Waals surface area contributed by atoms with E-state index in [1.807, 2.05) is 19.2 Å². The molecule has 2 aromatic rings. The lowest BCUT2D eigenvalue weighted by molar-refractivity contribution is -0.126. The Bertz CT molecular complexity index is 873. The highest BCUT2D eigenvalue weighted by atomic mass is 16.3. The van der Waals surface area contributed by atoms with Gasteiger partial charge in [-0.2, -0.15) is 0 Å². The molecule has 1 atom stereocenters. The van der Waals surface area contributed by atoms with Crippen molar-refractivity contribution in [2.75, 3.05) is 19.4 Å². The number of aromatic nitrogens is 1. The zero-order valence-electron chi connectivity index (χ0n) is 18.8. The number of hydrogen-bond donors (Lipinski definition) is 5. The summed E-state index contributed by atoms with van der Waals surface area (Å²) >= 11 is 0. The maximum atomic E-state index is 11.1. The molecule has 2 rings (SSSR count). The van der Waals surface area contributed by atoms with E-state index in [1.165, 1.54) is 6.08 Å². The minimum absolute atomic E-state index is 0.0449. The van der Waals surface area contributed by atoms with Gasteiger partial charge in [-0.15, -0.1) is 0 Å². The number of aryl methyl sites for hydroxylation is 1. The lowest BCUT2D eigenvalue weighted by atomic mass is 10.1. The summed E-state index contributed by atoms with van der Waals surface area (Å²) in [5.41, 5.74) is 15.0. The number of nitrogens with zero attached hydrogens (tertiary/aromatic N) is 1. The molecule has 0 saturated heterocycles. The quantitative estimate of drug-likeness (QED) is 0.308. The summed E-state index contributed by atoms with van der Waals surface area (Å²) in [5, 5.41) is 18.3. The molecular weight excluding hydrogens is 392 g/mol. The van der Waals surface area contributed by atoms with Crippen LogP contribution < -0.4 is 11.5 Å². The largest absolute Gasteiger partial charge is 0.507 e. The number of phenols is 1. The van der Waals surface area contributed by atoms with Crippen LogP contribution in [-0.4, -0.2) is 45.7 Å². The lowest BCUT2D eigenvalue weighted by Crippen LogP contribution is -2.33. The number of anilines is 1. The monoisotopic (exact) mass is 428 g/mol. The number of carbonyl (C=O) groups is 1. The summed E-state index contributed by atoms with van der Waals surface area (Å²) in [6.07, 6.45) is 8.54. The van der Waals surface area contributed by atoms with Crippen molar-refractivity contribution in [3.8, 4) is 5.75 Å². The van der Waals surface area contributed by atoms with Gasteiger partial charge in [-0.3, -0.25) is 4.79 Å². The van der Waals surface area contributed by atoms with Gasteiger partial charge in [0.15, 0.2) is 0 Å². The molecule has 0 unspecified atom stereocenters. The Morgan fingerprint density at radius 1 is 1.32 bits per heavy atom. The first kappa shape index (κ1) is 25.8. The summed E-state index contributed by atoms with van der Waals surface area (Å²) in [5.74, 6) is 0.708. The van der Waals surface area contributed by atoms with E-state index in [4.69, 9.17) is 16.6 Å². The van der Waals surface area contributed by atoms with Crippen molar-refractivity contribution >= 4 is 23.5 Å². The summed E-state index contributed by atoms with van der Waals surface area (Å²) < 4.78 is 0. The predicted molar refractivity (Wildman–Crippen MR) is 128 cm³/mol. The third-order valence-electron chi connectivity index (χ3n) is 5.15. The third kappa shape index (κ3) is 7.86. The predicted octanol–water partition coefficient (Wildman–Crippen LogP) is 3.50. The lowest BCUT2D eigenvalue weighted by Gasteiger charge is -2.23. The number of carbonyl (C=O) groups excluding carboxylic acids is 1. The van der Waals surface area contributed by atoms with Crippen LogP contribution in [0.15, 0.2) is 43.1 Å². The van der Waals surface area contributed by atoms with E-state index < -0.39 is 0 Å². The number of aliphatic hydroxyl groups excluding tert-OH is 1. The van der Waals surface area contributed by atoms with Crippen molar-refractivity contribution in [2.24, 2.45) is 5.73 Å². The molecule has 0 aliphatic carbocycles. The molecule has 7 nitrogen and oxygen atoms in total. The second kappa shape index (κ2) is 13.2. The molecule has 1 aromatic carbocycles. The summed E-state index contributed by atoms with van der Waals surface area (Å²) in [6.45, 7) is 7.71. The molecule has 1 aromatic heterocycles. The average molecular weight is 429 g/mol. The van der Waals surface area contributed by atoms with Crippen LogP contribution in [0.3, 0.4) is 0 Å². The van der Waals surface area contributed by atoms with Crippen molar-refractivity contribution in [1.29, 1.82) is 0 Å². The van der Waals surface area contributed by atoms with Crippen molar-refractivity contribution < 1.29 is 15.0 Å². The van der Waals surface area contributed by atoms with Crippen molar-refractivity contribution in [3.05, 3.63) is 59.8 Å². The number of aromatic amines is 1. The molecule has 0 fully saturated rings. The van der Waals surface area contributed by atoms with Crippen molar-refractivity contribution in [2.45, 2.75) is 45.6 Å². The molecule has 0 saturated carbocycles. The SMILES string of the molecule is C=CC(=O)N(C)[C@H](C)CCCCO.CCc1c[nH]c(N)c1/C=C(\N)c1ccccc1O. The Balaban J connectivity index is 0.000000330. The number of aliphatic hydroxyl groups is 1. The molecule has 31 heavy (non-hydrogen) atoms. The van der Waals surface area contributed by atoms with Crippen LogP contribution in [0.4, 0.5) is 5.82 Å². The number of unbranched alkanes of at least 4 members (excludes halogenated alkanes) is 1. The minimum Gasteiger partial charge on any atom is -0.507 e. The Morgan fingerprint density at radius 3 is 2.58 bits per heavy atom. The molecule has 7 N–H and O–H groups in total. The van der Waals surface area contributed by atoms with Crippen molar-refractivity contribution in [3.63, 3.8) is 0 Å². The zero-order valence-corrected chi connectivity index (χ0v) is 18.8. The van der Waals surface area contributed by atoms with Crippen LogP contribution in [0.2, 0.25) is 0 Å². The number of likely N-dealkylation sites (N-methyl/N-ethyl adjacent to an activating group) is 1. The fourth-order valence-electron chi connectivity index (χ4n) is 3.01. The number of amides is 1. The Morgan fingerprint density at radius 2 is 2.00 bits per heavy atom. The smallest absolute Gasteiger partial charge is 0.245 e. The number of H-pyrrole nitrogens is 1. The van der Waals surface area contributed by atoms with Crippen LogP contribution in [0.1, 0.15) is 49.8 Å². The van der Waals surface area contributed by atoms with Gasteiger partial charge in [0.2, 0.25) is 5.91 Å². The number of nitrogens with one attached hydrogen (secondary N) is 1. The fourth-order valence-corrected chi connectivity index (χ4v) is 3.01. The van der Waals surface area contributed by atoms with Gasteiger partial charge in [0.25, 0.3) is 0 Å². The van der Waals surface area contributed by atoms with E-state index in [1.54, 1.807) is 36.2 Å². The van der Waals surface area contributed by atoms with Gasteiger partial charge in [-0.05, 0) is 62.5 Å². The molecule has 1 heterocycles. The van der Waals surface area contributed by atoms with Crippen molar-refractivity contribution in [1.82, 2.24) is 9.88 Å². The van der Waals surface area contributed by atoms with Gasteiger partial charge >= 0.3 is 0 Å². The molecule has 7 heteroatoms. The Labute approximate surface area is 185 Å². The summed E-state index contributed by atoms with van der Waals surface area (Å²) in [7, 11) is 1.77. The number of benzene rings is 1. The molecule has 0 aliphatic rings. The molecule has 0 aliphatic heterocycles. The van der Waals surface area contributed by atoms with E-state index in [0.29, 0.717) is 17.1 Å². The first-order valence-electron chi connectivity index (χ1n) is 10.5. The number of nitrogen functional groups attached to an aromatic ring is 1. The summed E-state index contributed by atoms with van der Waals surface area (Å²) in [6, 6.07) is 7.19. The van der Waals surface area contributed by atoms with Gasteiger partial charge in [0.1, 0.15) is 11.6 Å². The van der Waals surface area contributed by atoms with E-state index in [9.17, 15) is 9.90 Å². The number of nitrogens with two attached hydrogens (primary N) is 2. The second-order valence-electron chi connectivity index (χ2n) is 7.33. The first-order chi connectivity index (χ1) is 14.8. The third-order valence-corrected chi connectivity index (χ3v) is 5.15. The first-order valence-corrected chi connectivity index (χ1v) is 10.5. The number of rotatable bonds is 9. The van der Waals surface area contributed by atoms with E-state index in [0.717, 1.165) is 36.8 Å². The molecular formula is C24H36N4O3. The van der Waals surface area contributed by atoms with Crippen LogP contribution in [0.25, 0.3) is 11.8 Å². The maximum absolute atomic E-state index is 11.1. The number of hydrogen-bond acceptors (Lipinski definition) is 5. The van der Waals surface area contributed by atoms with E-state index >= 15 is 0 Å². The minimum atomic E-state index is -0.0449. The highest BCUT2D eigenvalue weighted by Crippen LogP contribution is 2.26. The highest BCUT2D eigenvalue weighted by Gasteiger charge is 2.12. The standard InChI is InChI=1S/C14H17N3O.C10H19NO2/c1-2-9-8-17-14(16)11(9)7-12(15)10-5-3-4-6-13(10)18;1-4-10(13)11(3)9(2)7-5-6-8-12/h3-8,17-18H,2,15-16H2,1H3;4,9,12H,1,5-8H2,2-3H3/b12-7-;/t;9-/m.1/s1. The topological polar surface area (TPSA) is 129 Å². The average Bonchev–Trinajstić information content (AvgIpc) is 3.12. The number of aromatic hydroxyl groups is 1. The second-order valence-corrected chi connectivity index (χ2v) is 7.33. The van der Waals surface area contributed by atoms with Crippen LogP contribution in [-0.2, 0) is 11.2 Å². The van der Waals surface area contributed by atoms with Gasteiger partial charge in [-0.1, -0.05) is 25.6 Å². The van der Waals surface area contributed by atoms with Crippen LogP contribution in [0, 0.1) is 0 Å². The normalized spacial score (nSPS) is 11.9. The van der Waals surface area contributed by atoms with Crippen LogP contribution in [0.5, 0.6) is 5.75 Å². The molecule has 0 spiro atoms. The molecule has 1 amide bonds. The molecule has 170 valence electrons. The van der Waals surface area contributed by atoms with Gasteiger partial charge in [0.05, 0.1) is 0 Å². The fraction of sp³-hybridized carbons (Fsp3) is 0.375. The number of para-hydroxylation sites is 1. The van der Waals surface area contributed by atoms with Crippen LogP contribution >= 0.6 is 0 Å².